The van der Waals surface area contributed by atoms with E-state index in [1.807, 2.05) is 0 Å². The molecule has 5 heteroatoms. The minimum Gasteiger partial charge on any atom is -0.481 e. The fraction of sp³-hybridized carbons (Fsp3) is 0.857. The van der Waals surface area contributed by atoms with E-state index in [4.69, 9.17) is 10.2 Å². The molecule has 1 fully saturated rings. The van der Waals surface area contributed by atoms with Gasteiger partial charge in [-0.1, -0.05) is 19.3 Å². The number of nitrogens with zero attached hydrogens (tertiary/aromatic N) is 1. The van der Waals surface area contributed by atoms with Gasteiger partial charge in [-0.2, -0.15) is 0 Å². The number of carboxylic acids is 1. The lowest BCUT2D eigenvalue weighted by Crippen LogP contribution is -2.35. The van der Waals surface area contributed by atoms with E-state index in [9.17, 15) is 9.59 Å². The highest BCUT2D eigenvalue weighted by Gasteiger charge is 2.21. The number of hydrogen-bond acceptors (Lipinski definition) is 3. The second-order valence-electron chi connectivity index (χ2n) is 5.31. The first-order valence-electron chi connectivity index (χ1n) is 7.24. The molecule has 2 N–H and O–H groups in total. The Morgan fingerprint density at radius 3 is 2.37 bits per heavy atom. The smallest absolute Gasteiger partial charge is 0.305 e. The van der Waals surface area contributed by atoms with Gasteiger partial charge in [0.25, 0.3) is 0 Å². The van der Waals surface area contributed by atoms with E-state index in [1.165, 1.54) is 19.3 Å². The van der Waals surface area contributed by atoms with Crippen molar-refractivity contribution in [1.29, 1.82) is 0 Å². The third kappa shape index (κ3) is 6.57. The summed E-state index contributed by atoms with van der Waals surface area (Å²) in [5.74, 6) is -0.385. The van der Waals surface area contributed by atoms with E-state index >= 15 is 0 Å². The van der Waals surface area contributed by atoms with Gasteiger partial charge >= 0.3 is 5.97 Å². The first-order chi connectivity index (χ1) is 9.13. The summed E-state index contributed by atoms with van der Waals surface area (Å²) < 4.78 is 0. The Labute approximate surface area is 114 Å². The first kappa shape index (κ1) is 16.0. The van der Waals surface area contributed by atoms with Gasteiger partial charge in [-0.3, -0.25) is 9.59 Å². The van der Waals surface area contributed by atoms with Crippen molar-refractivity contribution in [1.82, 2.24) is 4.90 Å². The number of hydrogen-bond donors (Lipinski definition) is 2. The molecule has 0 aromatic carbocycles. The summed E-state index contributed by atoms with van der Waals surface area (Å²) in [5, 5.41) is 17.5. The molecule has 110 valence electrons. The summed E-state index contributed by atoms with van der Waals surface area (Å²) >= 11 is 0. The van der Waals surface area contributed by atoms with Crippen LogP contribution in [0.15, 0.2) is 0 Å². The van der Waals surface area contributed by atoms with Gasteiger partial charge in [0, 0.05) is 26.1 Å². The molecule has 0 radical (unpaired) electrons. The summed E-state index contributed by atoms with van der Waals surface area (Å²) in [6.07, 6.45) is 6.89. The molecule has 0 aromatic heterocycles. The molecule has 0 aliphatic heterocycles. The van der Waals surface area contributed by atoms with Crippen LogP contribution in [-0.4, -0.2) is 46.7 Å². The number of aliphatic hydroxyl groups excluding tert-OH is 1. The molecule has 1 saturated carbocycles. The van der Waals surface area contributed by atoms with Crippen molar-refractivity contribution >= 4 is 11.9 Å². The number of aliphatic carboxylic acids is 1. The Bertz CT molecular complexity index is 287. The summed E-state index contributed by atoms with van der Waals surface area (Å²) in [4.78, 5) is 24.4. The first-order valence-corrected chi connectivity index (χ1v) is 7.24. The predicted octanol–water partition coefficient (Wildman–Crippen LogP) is 1.64. The fourth-order valence-corrected chi connectivity index (χ4v) is 2.62. The normalized spacial score (nSPS) is 16.3. The lowest BCUT2D eigenvalue weighted by molar-refractivity contribution is -0.138. The summed E-state index contributed by atoms with van der Waals surface area (Å²) in [7, 11) is 0. The number of rotatable bonds is 8. The van der Waals surface area contributed by atoms with Crippen LogP contribution >= 0.6 is 0 Å². The second-order valence-corrected chi connectivity index (χ2v) is 5.31. The number of carbonyl (C=O) groups excluding carboxylic acids is 1. The van der Waals surface area contributed by atoms with Crippen molar-refractivity contribution in [3.05, 3.63) is 0 Å². The maximum atomic E-state index is 12.2. The predicted molar refractivity (Wildman–Crippen MR) is 71.7 cm³/mol. The van der Waals surface area contributed by atoms with Crippen LogP contribution in [0, 0.1) is 5.92 Å². The zero-order valence-electron chi connectivity index (χ0n) is 11.5. The number of amides is 1. The van der Waals surface area contributed by atoms with E-state index in [-0.39, 0.29) is 25.5 Å². The van der Waals surface area contributed by atoms with Crippen molar-refractivity contribution in [2.24, 2.45) is 5.92 Å². The van der Waals surface area contributed by atoms with Crippen LogP contribution in [0.5, 0.6) is 0 Å². The van der Waals surface area contributed by atoms with Crippen molar-refractivity contribution in [3.8, 4) is 0 Å². The average molecular weight is 271 g/mol. The molecule has 1 amide bonds. The molecule has 19 heavy (non-hydrogen) atoms. The summed E-state index contributed by atoms with van der Waals surface area (Å²) in [5.41, 5.74) is 0. The molecule has 0 bridgehead atoms. The maximum Gasteiger partial charge on any atom is 0.305 e. The van der Waals surface area contributed by atoms with Gasteiger partial charge in [0.2, 0.25) is 5.91 Å². The van der Waals surface area contributed by atoms with Crippen molar-refractivity contribution in [2.45, 2.75) is 51.4 Å². The SMILES string of the molecule is O=C(O)CCN(CCCO)C(=O)CC1CCCCC1. The zero-order valence-corrected chi connectivity index (χ0v) is 11.5. The highest BCUT2D eigenvalue weighted by atomic mass is 16.4. The van der Waals surface area contributed by atoms with Crippen LogP contribution in [0.3, 0.4) is 0 Å². The number of aliphatic hydroxyl groups is 1. The minimum absolute atomic E-state index is 0.0260. The molecular weight excluding hydrogens is 246 g/mol. The van der Waals surface area contributed by atoms with Crippen LogP contribution in [0.4, 0.5) is 0 Å². The van der Waals surface area contributed by atoms with Crippen LogP contribution in [-0.2, 0) is 9.59 Å². The van der Waals surface area contributed by atoms with E-state index < -0.39 is 5.97 Å². The molecule has 0 atom stereocenters. The third-order valence-electron chi connectivity index (χ3n) is 3.72. The standard InChI is InChI=1S/C14H25NO4/c16-10-4-8-15(9-7-14(18)19)13(17)11-12-5-2-1-3-6-12/h12,16H,1-11H2,(H,18,19). The Morgan fingerprint density at radius 1 is 1.11 bits per heavy atom. The minimum atomic E-state index is -0.889. The summed E-state index contributed by atoms with van der Waals surface area (Å²) in [6, 6.07) is 0. The second kappa shape index (κ2) is 8.91. The molecule has 5 nitrogen and oxygen atoms in total. The lowest BCUT2D eigenvalue weighted by Gasteiger charge is -2.26. The van der Waals surface area contributed by atoms with Crippen molar-refractivity contribution < 1.29 is 19.8 Å². The van der Waals surface area contributed by atoms with Gasteiger partial charge in [-0.05, 0) is 25.2 Å². The van der Waals surface area contributed by atoms with Crippen LogP contribution in [0.2, 0.25) is 0 Å². The van der Waals surface area contributed by atoms with Gasteiger partial charge in [-0.25, -0.2) is 0 Å². The van der Waals surface area contributed by atoms with E-state index in [1.54, 1.807) is 4.90 Å². The molecule has 0 saturated heterocycles. The number of carboxylic acid groups (broad SMARTS) is 1. The van der Waals surface area contributed by atoms with Gasteiger partial charge in [0.1, 0.15) is 0 Å². The van der Waals surface area contributed by atoms with Gasteiger partial charge in [0.15, 0.2) is 0 Å². The fourth-order valence-electron chi connectivity index (χ4n) is 2.62. The Kier molecular flexibility index (Phi) is 7.48. The number of carbonyl (C=O) groups is 2. The zero-order chi connectivity index (χ0) is 14.1. The molecule has 1 rings (SSSR count). The van der Waals surface area contributed by atoms with Crippen LogP contribution < -0.4 is 0 Å². The Hall–Kier alpha value is -1.10. The average Bonchev–Trinajstić information content (AvgIpc) is 2.39. The topological polar surface area (TPSA) is 77.8 Å². The molecule has 0 unspecified atom stereocenters. The molecule has 0 aromatic rings. The largest absolute Gasteiger partial charge is 0.481 e. The summed E-state index contributed by atoms with van der Waals surface area (Å²) in [6.45, 7) is 0.733. The van der Waals surface area contributed by atoms with Crippen molar-refractivity contribution in [3.63, 3.8) is 0 Å². The van der Waals surface area contributed by atoms with E-state index in [0.717, 1.165) is 12.8 Å². The molecule has 0 spiro atoms. The highest BCUT2D eigenvalue weighted by molar-refractivity contribution is 5.77. The van der Waals surface area contributed by atoms with E-state index in [2.05, 4.69) is 0 Å². The van der Waals surface area contributed by atoms with Gasteiger partial charge in [-0.15, -0.1) is 0 Å². The molecule has 0 heterocycles. The monoisotopic (exact) mass is 271 g/mol. The molecular formula is C14H25NO4. The third-order valence-corrected chi connectivity index (χ3v) is 3.72. The maximum absolute atomic E-state index is 12.2. The van der Waals surface area contributed by atoms with E-state index in [0.29, 0.717) is 25.3 Å². The lowest BCUT2D eigenvalue weighted by atomic mass is 9.86. The quantitative estimate of drug-likeness (QED) is 0.703. The molecule has 1 aliphatic carbocycles. The van der Waals surface area contributed by atoms with Crippen LogP contribution in [0.1, 0.15) is 51.4 Å². The van der Waals surface area contributed by atoms with Crippen LogP contribution in [0.25, 0.3) is 0 Å². The molecule has 1 aliphatic rings. The van der Waals surface area contributed by atoms with Gasteiger partial charge in [0.05, 0.1) is 6.42 Å². The van der Waals surface area contributed by atoms with Crippen molar-refractivity contribution in [2.75, 3.05) is 19.7 Å². The highest BCUT2D eigenvalue weighted by Crippen LogP contribution is 2.26. The Morgan fingerprint density at radius 2 is 1.79 bits per heavy atom. The van der Waals surface area contributed by atoms with Gasteiger partial charge < -0.3 is 15.1 Å². The Balaban J connectivity index is 2.41.